The highest BCUT2D eigenvalue weighted by molar-refractivity contribution is 5.25. The quantitative estimate of drug-likeness (QED) is 0.854. The first-order chi connectivity index (χ1) is 8.83. The van der Waals surface area contributed by atoms with Crippen molar-refractivity contribution in [2.45, 2.75) is 50.1 Å². The third-order valence-corrected chi connectivity index (χ3v) is 4.59. The summed E-state index contributed by atoms with van der Waals surface area (Å²) in [6, 6.07) is 12.1. The van der Waals surface area contributed by atoms with Gasteiger partial charge in [-0.05, 0) is 56.0 Å². The van der Waals surface area contributed by atoms with E-state index in [1.54, 1.807) is 0 Å². The van der Waals surface area contributed by atoms with Gasteiger partial charge in [-0.25, -0.2) is 0 Å². The molecule has 3 N–H and O–H groups in total. The summed E-state index contributed by atoms with van der Waals surface area (Å²) in [5.74, 6) is 1.67. The molecule has 2 fully saturated rings. The molecular weight excluding hydrogens is 220 g/mol. The standard InChI is InChI=1S/C16H24N2/c17-14-6-8-15(9-7-14)18-11-13-10-16(13)12-4-2-1-3-5-12/h1-5,13-16,18H,6-11,17H2/t13?,14?,15?,16-/m1/s1. The Morgan fingerprint density at radius 1 is 1.06 bits per heavy atom. The molecule has 1 aromatic rings. The van der Waals surface area contributed by atoms with E-state index in [-0.39, 0.29) is 0 Å². The molecule has 0 heterocycles. The van der Waals surface area contributed by atoms with Gasteiger partial charge >= 0.3 is 0 Å². The first kappa shape index (κ1) is 12.2. The van der Waals surface area contributed by atoms with Crippen molar-refractivity contribution in [1.82, 2.24) is 5.32 Å². The maximum atomic E-state index is 5.94. The lowest BCUT2D eigenvalue weighted by Gasteiger charge is -2.27. The number of nitrogens with one attached hydrogen (secondary N) is 1. The van der Waals surface area contributed by atoms with Crippen molar-refractivity contribution in [2.75, 3.05) is 6.54 Å². The summed E-state index contributed by atoms with van der Waals surface area (Å²) in [6.07, 6.45) is 6.30. The van der Waals surface area contributed by atoms with Crippen molar-refractivity contribution in [3.8, 4) is 0 Å². The van der Waals surface area contributed by atoms with Gasteiger partial charge in [0, 0.05) is 12.1 Å². The van der Waals surface area contributed by atoms with Crippen LogP contribution in [0.4, 0.5) is 0 Å². The van der Waals surface area contributed by atoms with Gasteiger partial charge in [0.1, 0.15) is 0 Å². The molecule has 1 aromatic carbocycles. The first-order valence-electron chi connectivity index (χ1n) is 7.37. The Kier molecular flexibility index (Phi) is 3.67. The number of nitrogens with two attached hydrogens (primary N) is 1. The lowest BCUT2D eigenvalue weighted by molar-refractivity contribution is 0.339. The van der Waals surface area contributed by atoms with Crippen molar-refractivity contribution in [1.29, 1.82) is 0 Å². The fraction of sp³-hybridized carbons (Fsp3) is 0.625. The highest BCUT2D eigenvalue weighted by Gasteiger charge is 2.38. The van der Waals surface area contributed by atoms with E-state index in [4.69, 9.17) is 5.73 Å². The second-order valence-corrected chi connectivity index (χ2v) is 6.03. The van der Waals surface area contributed by atoms with Crippen LogP contribution in [0.3, 0.4) is 0 Å². The Hall–Kier alpha value is -0.860. The third kappa shape index (κ3) is 2.93. The van der Waals surface area contributed by atoms with E-state index in [1.165, 1.54) is 44.2 Å². The van der Waals surface area contributed by atoms with Crippen LogP contribution in [-0.4, -0.2) is 18.6 Å². The predicted octanol–water partition coefficient (Wildman–Crippen LogP) is 2.65. The van der Waals surface area contributed by atoms with Crippen LogP contribution in [0.15, 0.2) is 30.3 Å². The van der Waals surface area contributed by atoms with Crippen LogP contribution in [-0.2, 0) is 0 Å². The van der Waals surface area contributed by atoms with E-state index in [2.05, 4.69) is 35.6 Å². The van der Waals surface area contributed by atoms with E-state index < -0.39 is 0 Å². The zero-order valence-electron chi connectivity index (χ0n) is 11.0. The normalized spacial score (nSPS) is 35.4. The summed E-state index contributed by atoms with van der Waals surface area (Å²) in [7, 11) is 0. The summed E-state index contributed by atoms with van der Waals surface area (Å²) in [5.41, 5.74) is 7.46. The second kappa shape index (κ2) is 5.41. The van der Waals surface area contributed by atoms with Crippen LogP contribution >= 0.6 is 0 Å². The third-order valence-electron chi connectivity index (χ3n) is 4.59. The Bertz CT molecular complexity index is 368. The van der Waals surface area contributed by atoms with Crippen molar-refractivity contribution in [3.63, 3.8) is 0 Å². The molecular formula is C16H24N2. The molecule has 1 unspecified atom stereocenters. The van der Waals surface area contributed by atoms with Crippen LogP contribution in [0.25, 0.3) is 0 Å². The van der Waals surface area contributed by atoms with Gasteiger partial charge in [-0.3, -0.25) is 0 Å². The smallest absolute Gasteiger partial charge is 0.00683 e. The van der Waals surface area contributed by atoms with Gasteiger partial charge in [0.2, 0.25) is 0 Å². The molecule has 18 heavy (non-hydrogen) atoms. The SMILES string of the molecule is NC1CCC(NCC2C[C@@H]2c2ccccc2)CC1. The molecule has 3 rings (SSSR count). The molecule has 98 valence electrons. The molecule has 2 nitrogen and oxygen atoms in total. The van der Waals surface area contributed by atoms with Gasteiger partial charge in [-0.1, -0.05) is 30.3 Å². The van der Waals surface area contributed by atoms with Gasteiger partial charge in [0.05, 0.1) is 0 Å². The lowest BCUT2D eigenvalue weighted by Crippen LogP contribution is -2.38. The molecule has 0 aromatic heterocycles. The van der Waals surface area contributed by atoms with E-state index in [1.807, 2.05) is 0 Å². The topological polar surface area (TPSA) is 38.0 Å². The molecule has 0 aliphatic heterocycles. The molecule has 2 saturated carbocycles. The van der Waals surface area contributed by atoms with E-state index in [9.17, 15) is 0 Å². The minimum atomic E-state index is 0.459. The minimum absolute atomic E-state index is 0.459. The minimum Gasteiger partial charge on any atom is -0.328 e. The van der Waals surface area contributed by atoms with Gasteiger partial charge in [-0.15, -0.1) is 0 Å². The fourth-order valence-electron chi connectivity index (χ4n) is 3.22. The Morgan fingerprint density at radius 3 is 2.50 bits per heavy atom. The largest absolute Gasteiger partial charge is 0.328 e. The molecule has 0 bridgehead atoms. The molecule has 0 radical (unpaired) electrons. The van der Waals surface area contributed by atoms with Crippen LogP contribution in [0.5, 0.6) is 0 Å². The van der Waals surface area contributed by atoms with Crippen molar-refractivity contribution in [3.05, 3.63) is 35.9 Å². The Labute approximate surface area is 110 Å². The van der Waals surface area contributed by atoms with Crippen molar-refractivity contribution >= 4 is 0 Å². The van der Waals surface area contributed by atoms with Crippen LogP contribution in [0.2, 0.25) is 0 Å². The van der Waals surface area contributed by atoms with Gasteiger partial charge in [0.25, 0.3) is 0 Å². The fourth-order valence-corrected chi connectivity index (χ4v) is 3.22. The van der Waals surface area contributed by atoms with E-state index in [0.717, 1.165) is 17.9 Å². The summed E-state index contributed by atoms with van der Waals surface area (Å²) in [6.45, 7) is 1.19. The predicted molar refractivity (Wildman–Crippen MR) is 75.5 cm³/mol. The summed E-state index contributed by atoms with van der Waals surface area (Å²) < 4.78 is 0. The number of hydrogen-bond acceptors (Lipinski definition) is 2. The van der Waals surface area contributed by atoms with Crippen LogP contribution in [0.1, 0.15) is 43.6 Å². The van der Waals surface area contributed by atoms with Crippen molar-refractivity contribution < 1.29 is 0 Å². The molecule has 2 aliphatic carbocycles. The summed E-state index contributed by atoms with van der Waals surface area (Å²) in [5, 5.41) is 3.75. The molecule has 0 spiro atoms. The highest BCUT2D eigenvalue weighted by Crippen LogP contribution is 2.46. The van der Waals surface area contributed by atoms with Crippen LogP contribution in [0, 0.1) is 5.92 Å². The first-order valence-corrected chi connectivity index (χ1v) is 7.37. The molecule has 2 heteroatoms. The van der Waals surface area contributed by atoms with Crippen molar-refractivity contribution in [2.24, 2.45) is 11.7 Å². The number of hydrogen-bond donors (Lipinski definition) is 2. The number of benzene rings is 1. The second-order valence-electron chi connectivity index (χ2n) is 6.03. The average molecular weight is 244 g/mol. The molecule has 0 amide bonds. The van der Waals surface area contributed by atoms with Gasteiger partial charge in [0.15, 0.2) is 0 Å². The van der Waals surface area contributed by atoms with E-state index >= 15 is 0 Å². The van der Waals surface area contributed by atoms with Gasteiger partial charge in [-0.2, -0.15) is 0 Å². The van der Waals surface area contributed by atoms with Gasteiger partial charge < -0.3 is 11.1 Å². The average Bonchev–Trinajstić information content (AvgIpc) is 3.19. The maximum Gasteiger partial charge on any atom is 0.00683 e. The Morgan fingerprint density at radius 2 is 1.78 bits per heavy atom. The Balaban J connectivity index is 1.41. The zero-order valence-corrected chi connectivity index (χ0v) is 11.0. The molecule has 2 atom stereocenters. The number of rotatable bonds is 4. The summed E-state index contributed by atoms with van der Waals surface area (Å²) in [4.78, 5) is 0. The highest BCUT2D eigenvalue weighted by atomic mass is 14.9. The van der Waals surface area contributed by atoms with Crippen LogP contribution < -0.4 is 11.1 Å². The maximum absolute atomic E-state index is 5.94. The molecule has 2 aliphatic rings. The monoisotopic (exact) mass is 244 g/mol. The zero-order chi connectivity index (χ0) is 12.4. The molecule has 0 saturated heterocycles. The van der Waals surface area contributed by atoms with E-state index in [0.29, 0.717) is 6.04 Å². The lowest BCUT2D eigenvalue weighted by atomic mass is 9.92. The summed E-state index contributed by atoms with van der Waals surface area (Å²) >= 11 is 0.